The van der Waals surface area contributed by atoms with Crippen molar-refractivity contribution in [2.24, 2.45) is 0 Å². The third-order valence-corrected chi connectivity index (χ3v) is 3.24. The third-order valence-electron chi connectivity index (χ3n) is 2.35. The first-order chi connectivity index (χ1) is 9.51. The standard InChI is InChI=1S/C16H23NO2Si/c1-18-16-10-8-15(9-11-16)14-19-17-12-6-5-7-13-20(2,3)4/h5-6,8-11,17H,12,14H2,1-4H3/b6-5+. The highest BCUT2D eigenvalue weighted by molar-refractivity contribution is 6.83. The number of benzene rings is 1. The lowest BCUT2D eigenvalue weighted by Gasteiger charge is -2.04. The zero-order valence-corrected chi connectivity index (χ0v) is 13.7. The molecule has 108 valence electrons. The van der Waals surface area contributed by atoms with E-state index in [-0.39, 0.29) is 0 Å². The van der Waals surface area contributed by atoms with Gasteiger partial charge in [-0.15, -0.1) is 5.54 Å². The fourth-order valence-electron chi connectivity index (χ4n) is 1.34. The van der Waals surface area contributed by atoms with Crippen LogP contribution in [0.15, 0.2) is 36.4 Å². The van der Waals surface area contributed by atoms with Crippen LogP contribution in [0.3, 0.4) is 0 Å². The lowest BCUT2D eigenvalue weighted by molar-refractivity contribution is 0.0352. The first kappa shape index (κ1) is 16.5. The maximum Gasteiger partial charge on any atom is 0.129 e. The molecule has 0 saturated heterocycles. The van der Waals surface area contributed by atoms with Crippen LogP contribution in [0, 0.1) is 11.5 Å². The minimum atomic E-state index is -1.26. The molecule has 0 atom stereocenters. The molecule has 0 unspecified atom stereocenters. The molecule has 0 saturated carbocycles. The van der Waals surface area contributed by atoms with Gasteiger partial charge in [-0.1, -0.05) is 43.8 Å². The first-order valence-electron chi connectivity index (χ1n) is 6.66. The van der Waals surface area contributed by atoms with Gasteiger partial charge in [0.05, 0.1) is 13.7 Å². The number of allylic oxidation sites excluding steroid dienone is 1. The van der Waals surface area contributed by atoms with Gasteiger partial charge in [0.2, 0.25) is 0 Å². The molecule has 1 aromatic carbocycles. The largest absolute Gasteiger partial charge is 0.497 e. The van der Waals surface area contributed by atoms with Gasteiger partial charge in [-0.25, -0.2) is 0 Å². The highest BCUT2D eigenvalue weighted by atomic mass is 28.3. The fraction of sp³-hybridized carbons (Fsp3) is 0.375. The van der Waals surface area contributed by atoms with Crippen molar-refractivity contribution in [2.75, 3.05) is 13.7 Å². The van der Waals surface area contributed by atoms with Gasteiger partial charge in [-0.2, -0.15) is 5.48 Å². The lowest BCUT2D eigenvalue weighted by atomic mass is 10.2. The Balaban J connectivity index is 2.18. The van der Waals surface area contributed by atoms with Crippen molar-refractivity contribution < 1.29 is 9.57 Å². The molecule has 0 aliphatic carbocycles. The number of rotatable bonds is 6. The normalized spacial score (nSPS) is 11.2. The zero-order chi connectivity index (χ0) is 14.8. The molecule has 0 aliphatic rings. The zero-order valence-electron chi connectivity index (χ0n) is 12.7. The number of hydrogen-bond acceptors (Lipinski definition) is 3. The van der Waals surface area contributed by atoms with Gasteiger partial charge in [0.15, 0.2) is 0 Å². The van der Waals surface area contributed by atoms with Crippen LogP contribution in [0.4, 0.5) is 0 Å². The average Bonchev–Trinajstić information content (AvgIpc) is 2.41. The topological polar surface area (TPSA) is 30.5 Å². The minimum Gasteiger partial charge on any atom is -0.497 e. The van der Waals surface area contributed by atoms with Gasteiger partial charge < -0.3 is 4.74 Å². The molecule has 3 nitrogen and oxygen atoms in total. The summed E-state index contributed by atoms with van der Waals surface area (Å²) in [6, 6.07) is 7.81. The van der Waals surface area contributed by atoms with Crippen molar-refractivity contribution in [3.63, 3.8) is 0 Å². The molecule has 0 spiro atoms. The van der Waals surface area contributed by atoms with E-state index in [1.165, 1.54) is 0 Å². The molecule has 20 heavy (non-hydrogen) atoms. The molecule has 0 bridgehead atoms. The number of hydroxylamine groups is 1. The van der Waals surface area contributed by atoms with E-state index in [9.17, 15) is 0 Å². The van der Waals surface area contributed by atoms with Crippen molar-refractivity contribution in [3.05, 3.63) is 42.0 Å². The molecule has 4 heteroatoms. The van der Waals surface area contributed by atoms with Gasteiger partial charge in [-0.3, -0.25) is 4.84 Å². The van der Waals surface area contributed by atoms with Gasteiger partial charge in [0.25, 0.3) is 0 Å². The highest BCUT2D eigenvalue weighted by Crippen LogP contribution is 2.11. The average molecular weight is 289 g/mol. The summed E-state index contributed by atoms with van der Waals surface area (Å²) in [6.07, 6.45) is 3.84. The number of methoxy groups -OCH3 is 1. The van der Waals surface area contributed by atoms with E-state index in [0.29, 0.717) is 13.2 Å². The lowest BCUT2D eigenvalue weighted by Crippen LogP contribution is -2.16. The molecule has 0 aromatic heterocycles. The summed E-state index contributed by atoms with van der Waals surface area (Å²) in [7, 11) is 0.398. The molecule has 0 fully saturated rings. The van der Waals surface area contributed by atoms with Crippen molar-refractivity contribution in [1.29, 1.82) is 0 Å². The van der Waals surface area contributed by atoms with E-state index in [4.69, 9.17) is 9.57 Å². The maximum absolute atomic E-state index is 5.36. The van der Waals surface area contributed by atoms with Gasteiger partial charge >= 0.3 is 0 Å². The Labute approximate surface area is 123 Å². The third kappa shape index (κ3) is 7.80. The van der Waals surface area contributed by atoms with Crippen LogP contribution in [0.2, 0.25) is 19.6 Å². The summed E-state index contributed by atoms with van der Waals surface area (Å²) in [4.78, 5) is 5.36. The summed E-state index contributed by atoms with van der Waals surface area (Å²) in [5.74, 6) is 3.92. The summed E-state index contributed by atoms with van der Waals surface area (Å²) < 4.78 is 5.10. The fourth-order valence-corrected chi connectivity index (χ4v) is 1.86. The Morgan fingerprint density at radius 2 is 1.90 bits per heavy atom. The smallest absolute Gasteiger partial charge is 0.129 e. The SMILES string of the molecule is COc1ccc(CONC/C=C/C#C[Si](C)(C)C)cc1. The van der Waals surface area contributed by atoms with Crippen LogP contribution in [0.25, 0.3) is 0 Å². The molecule has 1 N–H and O–H groups in total. The van der Waals surface area contributed by atoms with E-state index in [1.54, 1.807) is 7.11 Å². The summed E-state index contributed by atoms with van der Waals surface area (Å²) in [6.45, 7) is 7.85. The van der Waals surface area contributed by atoms with E-state index in [1.807, 2.05) is 36.4 Å². The highest BCUT2D eigenvalue weighted by Gasteiger charge is 2.06. The predicted octanol–water partition coefficient (Wildman–Crippen LogP) is 3.15. The van der Waals surface area contributed by atoms with Crippen LogP contribution in [0.1, 0.15) is 5.56 Å². The molecule has 1 rings (SSSR count). The van der Waals surface area contributed by atoms with Crippen molar-refractivity contribution in [3.8, 4) is 17.2 Å². The second-order valence-electron chi connectivity index (χ2n) is 5.41. The van der Waals surface area contributed by atoms with Crippen molar-refractivity contribution >= 4 is 8.07 Å². The van der Waals surface area contributed by atoms with Crippen LogP contribution >= 0.6 is 0 Å². The molecule has 0 aliphatic heterocycles. The minimum absolute atomic E-state index is 0.526. The first-order valence-corrected chi connectivity index (χ1v) is 10.2. The molecule has 0 heterocycles. The Kier molecular flexibility index (Phi) is 7.09. The second kappa shape index (κ2) is 8.59. The summed E-state index contributed by atoms with van der Waals surface area (Å²) >= 11 is 0. The number of hydrogen-bond donors (Lipinski definition) is 1. The molecular weight excluding hydrogens is 266 g/mol. The Hall–Kier alpha value is -1.54. The molecule has 0 radical (unpaired) electrons. The van der Waals surface area contributed by atoms with Gasteiger partial charge in [0, 0.05) is 6.54 Å². The molecular formula is C16H23NO2Si. The van der Waals surface area contributed by atoms with E-state index >= 15 is 0 Å². The summed E-state index contributed by atoms with van der Waals surface area (Å²) in [5, 5.41) is 0. The van der Waals surface area contributed by atoms with E-state index in [2.05, 4.69) is 36.6 Å². The Morgan fingerprint density at radius 3 is 2.50 bits per heavy atom. The summed E-state index contributed by atoms with van der Waals surface area (Å²) in [5.41, 5.74) is 7.25. The monoisotopic (exact) mass is 289 g/mol. The van der Waals surface area contributed by atoms with E-state index < -0.39 is 8.07 Å². The van der Waals surface area contributed by atoms with Crippen molar-refractivity contribution in [2.45, 2.75) is 26.2 Å². The van der Waals surface area contributed by atoms with Gasteiger partial charge in [-0.05, 0) is 23.8 Å². The van der Waals surface area contributed by atoms with Crippen LogP contribution < -0.4 is 10.2 Å². The molecule has 1 aromatic rings. The van der Waals surface area contributed by atoms with Gasteiger partial charge in [0.1, 0.15) is 13.8 Å². The van der Waals surface area contributed by atoms with E-state index in [0.717, 1.165) is 11.3 Å². The van der Waals surface area contributed by atoms with Crippen LogP contribution in [0.5, 0.6) is 5.75 Å². The van der Waals surface area contributed by atoms with Crippen LogP contribution in [-0.2, 0) is 11.4 Å². The Bertz CT molecular complexity index is 478. The number of nitrogens with one attached hydrogen (secondary N) is 1. The number of ether oxygens (including phenoxy) is 1. The van der Waals surface area contributed by atoms with Crippen LogP contribution in [-0.4, -0.2) is 21.7 Å². The maximum atomic E-state index is 5.36. The van der Waals surface area contributed by atoms with Crippen molar-refractivity contribution in [1.82, 2.24) is 5.48 Å². The quantitative estimate of drug-likeness (QED) is 0.378. The molecule has 0 amide bonds. The Morgan fingerprint density at radius 1 is 1.20 bits per heavy atom. The second-order valence-corrected chi connectivity index (χ2v) is 10.2. The predicted molar refractivity (Wildman–Crippen MR) is 86.0 cm³/mol.